The van der Waals surface area contributed by atoms with Crippen molar-refractivity contribution in [3.05, 3.63) is 71.8 Å². The molecule has 0 heterocycles. The standard InChI is InChI=1S/C20H26NO4P/c1-4-19(22)20(17-11-7-5-8-12-17,18-13-9-6-10-14-18)15-16(2)21(3)26(23,24)25/h5-14,16H,4,15H2,1-3H3,(H2,23,24,25). The molecule has 0 radical (unpaired) electrons. The van der Waals surface area contributed by atoms with Crippen LogP contribution in [0, 0.1) is 0 Å². The van der Waals surface area contributed by atoms with Crippen LogP contribution in [0.5, 0.6) is 0 Å². The van der Waals surface area contributed by atoms with Crippen LogP contribution in [0.4, 0.5) is 0 Å². The molecule has 26 heavy (non-hydrogen) atoms. The SMILES string of the molecule is CCC(=O)C(CC(C)N(C)P(=O)(O)O)(c1ccccc1)c1ccccc1. The van der Waals surface area contributed by atoms with E-state index in [1.807, 2.05) is 67.6 Å². The first-order chi connectivity index (χ1) is 12.2. The zero-order valence-corrected chi connectivity index (χ0v) is 16.3. The summed E-state index contributed by atoms with van der Waals surface area (Å²) in [6.07, 6.45) is 0.603. The molecule has 2 N–H and O–H groups in total. The number of rotatable bonds is 8. The number of hydrogen-bond donors (Lipinski definition) is 2. The van der Waals surface area contributed by atoms with Gasteiger partial charge in [0.1, 0.15) is 5.78 Å². The van der Waals surface area contributed by atoms with E-state index < -0.39 is 19.2 Å². The van der Waals surface area contributed by atoms with Gasteiger partial charge in [0.05, 0.1) is 5.41 Å². The largest absolute Gasteiger partial charge is 0.402 e. The van der Waals surface area contributed by atoms with Crippen molar-refractivity contribution in [1.82, 2.24) is 4.67 Å². The predicted octanol–water partition coefficient (Wildman–Crippen LogP) is 3.75. The highest BCUT2D eigenvalue weighted by molar-refractivity contribution is 7.49. The summed E-state index contributed by atoms with van der Waals surface area (Å²) >= 11 is 0. The van der Waals surface area contributed by atoms with Gasteiger partial charge in [0.2, 0.25) is 0 Å². The first-order valence-electron chi connectivity index (χ1n) is 8.66. The Morgan fingerprint density at radius 1 is 1.04 bits per heavy atom. The molecule has 0 saturated carbocycles. The highest BCUT2D eigenvalue weighted by Crippen LogP contribution is 2.45. The van der Waals surface area contributed by atoms with Crippen molar-refractivity contribution in [3.8, 4) is 0 Å². The topological polar surface area (TPSA) is 77.8 Å². The van der Waals surface area contributed by atoms with Crippen LogP contribution in [0.3, 0.4) is 0 Å². The van der Waals surface area contributed by atoms with E-state index in [1.165, 1.54) is 7.05 Å². The molecule has 0 aliphatic heterocycles. The van der Waals surface area contributed by atoms with Crippen LogP contribution >= 0.6 is 7.75 Å². The van der Waals surface area contributed by atoms with Gasteiger partial charge in [0.15, 0.2) is 0 Å². The summed E-state index contributed by atoms with van der Waals surface area (Å²) in [6, 6.07) is 18.4. The third-order valence-corrected chi connectivity index (χ3v) is 6.20. The summed E-state index contributed by atoms with van der Waals surface area (Å²) in [5, 5.41) is 0. The monoisotopic (exact) mass is 375 g/mol. The van der Waals surface area contributed by atoms with Gasteiger partial charge in [0.25, 0.3) is 0 Å². The molecule has 0 bridgehead atoms. The maximum atomic E-state index is 13.2. The van der Waals surface area contributed by atoms with Crippen LogP contribution in [0.25, 0.3) is 0 Å². The Hall–Kier alpha value is -1.78. The number of carbonyl (C=O) groups excluding carboxylic acids is 1. The summed E-state index contributed by atoms with van der Waals surface area (Å²) < 4.78 is 12.7. The number of Topliss-reactive ketones (excluding diaryl/α,β-unsaturated/α-hetero) is 1. The highest BCUT2D eigenvalue weighted by Gasteiger charge is 2.43. The van der Waals surface area contributed by atoms with Gasteiger partial charge in [-0.15, -0.1) is 0 Å². The quantitative estimate of drug-likeness (QED) is 0.687. The third-order valence-electron chi connectivity index (χ3n) is 4.98. The second-order valence-electron chi connectivity index (χ2n) is 6.55. The molecule has 2 rings (SSSR count). The second-order valence-corrected chi connectivity index (χ2v) is 8.21. The maximum Gasteiger partial charge on any atom is 0.402 e. The Balaban J connectivity index is 2.64. The number of carbonyl (C=O) groups is 1. The Morgan fingerprint density at radius 2 is 1.46 bits per heavy atom. The van der Waals surface area contributed by atoms with Crippen LogP contribution in [-0.4, -0.2) is 33.3 Å². The average Bonchev–Trinajstić information content (AvgIpc) is 2.65. The Kier molecular flexibility index (Phi) is 6.53. The van der Waals surface area contributed by atoms with E-state index in [0.717, 1.165) is 15.8 Å². The van der Waals surface area contributed by atoms with Gasteiger partial charge >= 0.3 is 7.75 Å². The Morgan fingerprint density at radius 3 is 1.81 bits per heavy atom. The van der Waals surface area contributed by atoms with Gasteiger partial charge in [-0.1, -0.05) is 67.6 Å². The lowest BCUT2D eigenvalue weighted by Gasteiger charge is -2.38. The maximum absolute atomic E-state index is 13.2. The summed E-state index contributed by atoms with van der Waals surface area (Å²) in [4.78, 5) is 32.3. The molecule has 1 atom stereocenters. The zero-order chi connectivity index (χ0) is 19.4. The average molecular weight is 375 g/mol. The highest BCUT2D eigenvalue weighted by atomic mass is 31.2. The molecule has 0 aliphatic carbocycles. The minimum atomic E-state index is -4.40. The fourth-order valence-corrected chi connectivity index (χ4v) is 4.01. The third kappa shape index (κ3) is 4.13. The first kappa shape index (κ1) is 20.5. The normalized spacial score (nSPS) is 13.6. The molecule has 0 saturated heterocycles. The zero-order valence-electron chi connectivity index (χ0n) is 15.4. The number of benzene rings is 2. The molecule has 0 fully saturated rings. The Labute approximate surface area is 154 Å². The fraction of sp³-hybridized carbons (Fsp3) is 0.350. The molecule has 0 spiro atoms. The smallest absolute Gasteiger partial charge is 0.312 e. The molecule has 2 aromatic rings. The summed E-state index contributed by atoms with van der Waals surface area (Å²) in [6.45, 7) is 3.56. The van der Waals surface area contributed by atoms with E-state index in [0.29, 0.717) is 6.42 Å². The van der Waals surface area contributed by atoms with Crippen molar-refractivity contribution in [1.29, 1.82) is 0 Å². The number of nitrogens with zero attached hydrogens (tertiary/aromatic N) is 1. The second kappa shape index (κ2) is 8.28. The van der Waals surface area contributed by atoms with E-state index in [9.17, 15) is 19.1 Å². The van der Waals surface area contributed by atoms with Crippen molar-refractivity contribution < 1.29 is 19.1 Å². The molecule has 2 aromatic carbocycles. The molecule has 5 nitrogen and oxygen atoms in total. The molecule has 140 valence electrons. The van der Waals surface area contributed by atoms with Gasteiger partial charge in [-0.2, -0.15) is 0 Å². The van der Waals surface area contributed by atoms with Gasteiger partial charge in [-0.25, -0.2) is 9.24 Å². The molecule has 0 aromatic heterocycles. The van der Waals surface area contributed by atoms with Gasteiger partial charge in [-0.05, 0) is 31.5 Å². The van der Waals surface area contributed by atoms with E-state index >= 15 is 0 Å². The lowest BCUT2D eigenvalue weighted by atomic mass is 9.67. The Bertz CT molecular complexity index is 733. The van der Waals surface area contributed by atoms with Crippen molar-refractivity contribution in [2.24, 2.45) is 0 Å². The minimum absolute atomic E-state index is 0.0286. The van der Waals surface area contributed by atoms with Crippen molar-refractivity contribution >= 4 is 13.5 Å². The molecule has 0 amide bonds. The summed E-state index contributed by atoms with van der Waals surface area (Å²) in [5.41, 5.74) is 0.716. The van der Waals surface area contributed by atoms with Gasteiger partial charge in [-0.3, -0.25) is 4.79 Å². The van der Waals surface area contributed by atoms with E-state index in [4.69, 9.17) is 0 Å². The first-order valence-corrected chi connectivity index (χ1v) is 10.2. The number of hydrogen-bond acceptors (Lipinski definition) is 2. The summed E-state index contributed by atoms with van der Waals surface area (Å²) in [7, 11) is -3.01. The lowest BCUT2D eigenvalue weighted by molar-refractivity contribution is -0.123. The van der Waals surface area contributed by atoms with Crippen LogP contribution in [0.2, 0.25) is 0 Å². The van der Waals surface area contributed by atoms with Gasteiger partial charge < -0.3 is 9.79 Å². The minimum Gasteiger partial charge on any atom is -0.312 e. The van der Waals surface area contributed by atoms with E-state index in [1.54, 1.807) is 6.92 Å². The van der Waals surface area contributed by atoms with Crippen LogP contribution in [-0.2, 0) is 14.8 Å². The van der Waals surface area contributed by atoms with Crippen molar-refractivity contribution in [2.75, 3.05) is 7.05 Å². The van der Waals surface area contributed by atoms with Gasteiger partial charge in [0, 0.05) is 12.5 Å². The van der Waals surface area contributed by atoms with E-state index in [2.05, 4.69) is 0 Å². The summed E-state index contributed by atoms with van der Waals surface area (Å²) in [5.74, 6) is 0.0286. The molecular weight excluding hydrogens is 349 g/mol. The molecular formula is C20H26NO4P. The van der Waals surface area contributed by atoms with Crippen molar-refractivity contribution in [2.45, 2.75) is 38.1 Å². The molecule has 1 unspecified atom stereocenters. The predicted molar refractivity (Wildman–Crippen MR) is 103 cm³/mol. The van der Waals surface area contributed by atoms with E-state index in [-0.39, 0.29) is 12.2 Å². The van der Waals surface area contributed by atoms with Crippen LogP contribution in [0.15, 0.2) is 60.7 Å². The number of ketones is 1. The van der Waals surface area contributed by atoms with Crippen molar-refractivity contribution in [3.63, 3.8) is 0 Å². The lowest BCUT2D eigenvalue weighted by Crippen LogP contribution is -2.43. The van der Waals surface area contributed by atoms with Crippen LogP contribution < -0.4 is 0 Å². The molecule has 0 aliphatic rings. The fourth-order valence-electron chi connectivity index (χ4n) is 3.42. The van der Waals surface area contributed by atoms with Crippen LogP contribution in [0.1, 0.15) is 37.8 Å². The molecule has 6 heteroatoms.